The van der Waals surface area contributed by atoms with Crippen molar-refractivity contribution < 1.29 is 4.79 Å². The molecule has 0 spiro atoms. The van der Waals surface area contributed by atoms with Gasteiger partial charge in [-0.1, -0.05) is 23.7 Å². The van der Waals surface area contributed by atoms with E-state index in [0.29, 0.717) is 6.42 Å². The number of nitrogens with zero attached hydrogens (tertiary/aromatic N) is 4. The SMILES string of the molecule is CC1CN(c2nc(Cc3ccc(Cl)cc3)ns2)CCN1C(=O)NC12CC3CC(CC(C3)C1)C2. The number of aromatic nitrogens is 2. The molecule has 4 bridgehead atoms. The fourth-order valence-electron chi connectivity index (χ4n) is 7.23. The van der Waals surface area contributed by atoms with Gasteiger partial charge in [-0.05, 0) is 80.9 Å². The molecule has 1 atom stereocenters. The van der Waals surface area contributed by atoms with Crippen LogP contribution in [-0.4, -0.2) is 51.5 Å². The van der Waals surface area contributed by atoms with Crippen LogP contribution in [0.15, 0.2) is 24.3 Å². The molecule has 4 saturated carbocycles. The highest BCUT2D eigenvalue weighted by molar-refractivity contribution is 7.09. The number of amides is 2. The first kappa shape index (κ1) is 21.7. The van der Waals surface area contributed by atoms with Gasteiger partial charge in [-0.2, -0.15) is 4.37 Å². The third-order valence-corrected chi connectivity index (χ3v) is 9.37. The summed E-state index contributed by atoms with van der Waals surface area (Å²) in [5.74, 6) is 3.35. The normalized spacial score (nSPS) is 32.9. The zero-order chi connectivity index (χ0) is 22.6. The topological polar surface area (TPSA) is 61.4 Å². The van der Waals surface area contributed by atoms with E-state index < -0.39 is 0 Å². The number of carbonyl (C=O) groups is 1. The first-order valence-corrected chi connectivity index (χ1v) is 13.5. The van der Waals surface area contributed by atoms with Crippen molar-refractivity contribution in [2.24, 2.45) is 17.8 Å². The van der Waals surface area contributed by atoms with Gasteiger partial charge in [-0.15, -0.1) is 0 Å². The predicted molar refractivity (Wildman–Crippen MR) is 132 cm³/mol. The van der Waals surface area contributed by atoms with Crippen LogP contribution in [0, 0.1) is 17.8 Å². The Morgan fingerprint density at radius 2 is 1.79 bits per heavy atom. The minimum Gasteiger partial charge on any atom is -0.343 e. The van der Waals surface area contributed by atoms with Crippen molar-refractivity contribution in [1.82, 2.24) is 19.6 Å². The van der Waals surface area contributed by atoms with Gasteiger partial charge in [0.25, 0.3) is 0 Å². The number of benzene rings is 1. The fraction of sp³-hybridized carbons (Fsp3) is 0.640. The average Bonchev–Trinajstić information content (AvgIpc) is 3.22. The number of piperazine rings is 1. The Morgan fingerprint density at radius 1 is 1.12 bits per heavy atom. The van der Waals surface area contributed by atoms with E-state index in [-0.39, 0.29) is 17.6 Å². The molecule has 0 radical (unpaired) electrons. The quantitative estimate of drug-likeness (QED) is 0.664. The first-order valence-electron chi connectivity index (χ1n) is 12.4. The number of halogens is 1. The molecule has 2 heterocycles. The summed E-state index contributed by atoms with van der Waals surface area (Å²) in [6.07, 6.45) is 8.47. The third kappa shape index (κ3) is 4.34. The van der Waals surface area contributed by atoms with Crippen LogP contribution in [0.3, 0.4) is 0 Å². The van der Waals surface area contributed by atoms with Crippen LogP contribution in [-0.2, 0) is 6.42 Å². The number of nitrogens with one attached hydrogen (secondary N) is 1. The third-order valence-electron chi connectivity index (χ3n) is 8.30. The minimum absolute atomic E-state index is 0.0679. The first-order chi connectivity index (χ1) is 15.9. The molecular formula is C25H32ClN5OS. The maximum atomic E-state index is 13.3. The van der Waals surface area contributed by atoms with Gasteiger partial charge in [0.05, 0.1) is 0 Å². The van der Waals surface area contributed by atoms with Gasteiger partial charge in [0.15, 0.2) is 0 Å². The molecule has 4 aliphatic carbocycles. The smallest absolute Gasteiger partial charge is 0.318 e. The minimum atomic E-state index is 0.0679. The Morgan fingerprint density at radius 3 is 2.42 bits per heavy atom. The van der Waals surface area contributed by atoms with Gasteiger partial charge < -0.3 is 15.1 Å². The Labute approximate surface area is 204 Å². The molecule has 176 valence electrons. The number of rotatable bonds is 4. The molecule has 1 aromatic carbocycles. The molecule has 1 aliphatic heterocycles. The fourth-order valence-corrected chi connectivity index (χ4v) is 8.07. The Balaban J connectivity index is 1.07. The lowest BCUT2D eigenvalue weighted by Crippen LogP contribution is -2.64. The lowest BCUT2D eigenvalue weighted by Gasteiger charge is -2.57. The largest absolute Gasteiger partial charge is 0.343 e. The van der Waals surface area contributed by atoms with Gasteiger partial charge >= 0.3 is 6.03 Å². The van der Waals surface area contributed by atoms with Gasteiger partial charge in [-0.25, -0.2) is 9.78 Å². The van der Waals surface area contributed by atoms with E-state index in [9.17, 15) is 4.79 Å². The number of carbonyl (C=O) groups excluding carboxylic acids is 1. The van der Waals surface area contributed by atoms with E-state index in [2.05, 4.69) is 21.5 Å². The van der Waals surface area contributed by atoms with Gasteiger partial charge in [0, 0.05) is 54.2 Å². The van der Waals surface area contributed by atoms with Gasteiger partial charge in [0.2, 0.25) is 5.13 Å². The van der Waals surface area contributed by atoms with Crippen molar-refractivity contribution in [2.75, 3.05) is 24.5 Å². The van der Waals surface area contributed by atoms with E-state index in [1.165, 1.54) is 50.1 Å². The van der Waals surface area contributed by atoms with Crippen molar-refractivity contribution in [2.45, 2.75) is 63.5 Å². The molecule has 1 aromatic heterocycles. The molecule has 33 heavy (non-hydrogen) atoms. The van der Waals surface area contributed by atoms with Gasteiger partial charge in [0.1, 0.15) is 5.82 Å². The molecule has 1 unspecified atom stereocenters. The van der Waals surface area contributed by atoms with Crippen LogP contribution in [0.4, 0.5) is 9.93 Å². The molecular weight excluding hydrogens is 454 g/mol. The van der Waals surface area contributed by atoms with Crippen molar-refractivity contribution in [3.8, 4) is 0 Å². The van der Waals surface area contributed by atoms with E-state index in [1.54, 1.807) is 0 Å². The zero-order valence-corrected chi connectivity index (χ0v) is 20.7. The summed E-state index contributed by atoms with van der Waals surface area (Å²) in [6, 6.07) is 8.14. The van der Waals surface area contributed by atoms with E-state index >= 15 is 0 Å². The van der Waals surface area contributed by atoms with E-state index in [1.807, 2.05) is 29.2 Å². The summed E-state index contributed by atoms with van der Waals surface area (Å²) < 4.78 is 4.57. The Hall–Kier alpha value is -1.86. The summed E-state index contributed by atoms with van der Waals surface area (Å²) in [5, 5.41) is 5.24. The van der Waals surface area contributed by atoms with Crippen molar-refractivity contribution in [1.29, 1.82) is 0 Å². The van der Waals surface area contributed by atoms with Crippen LogP contribution < -0.4 is 10.2 Å². The Kier molecular flexibility index (Phi) is 5.52. The number of hydrogen-bond donors (Lipinski definition) is 1. The zero-order valence-electron chi connectivity index (χ0n) is 19.2. The number of hydrogen-bond acceptors (Lipinski definition) is 5. The number of anilines is 1. The summed E-state index contributed by atoms with van der Waals surface area (Å²) >= 11 is 7.44. The van der Waals surface area contributed by atoms with E-state index in [4.69, 9.17) is 16.6 Å². The van der Waals surface area contributed by atoms with Crippen LogP contribution in [0.2, 0.25) is 5.02 Å². The standard InChI is InChI=1S/C25H32ClN5OS/c1-16-15-30(24-27-22(29-33-24)11-17-2-4-21(26)5-3-17)6-7-31(16)23(32)28-25-12-18-8-19(13-25)10-20(9-18)14-25/h2-5,16,18-20H,6-15H2,1H3,(H,28,32). The van der Waals surface area contributed by atoms with Crippen LogP contribution in [0.1, 0.15) is 56.8 Å². The summed E-state index contributed by atoms with van der Waals surface area (Å²) in [7, 11) is 0. The van der Waals surface area contributed by atoms with Crippen LogP contribution in [0.5, 0.6) is 0 Å². The second-order valence-corrected chi connectivity index (χ2v) is 12.1. The summed E-state index contributed by atoms with van der Waals surface area (Å²) in [5.41, 5.74) is 1.22. The van der Waals surface area contributed by atoms with E-state index in [0.717, 1.165) is 58.9 Å². The summed E-state index contributed by atoms with van der Waals surface area (Å²) in [4.78, 5) is 22.4. The predicted octanol–water partition coefficient (Wildman–Crippen LogP) is 4.97. The van der Waals surface area contributed by atoms with Crippen LogP contribution in [0.25, 0.3) is 0 Å². The molecule has 5 fully saturated rings. The van der Waals surface area contributed by atoms with Crippen LogP contribution >= 0.6 is 23.1 Å². The molecule has 1 saturated heterocycles. The molecule has 7 rings (SSSR count). The number of urea groups is 1. The van der Waals surface area contributed by atoms with Gasteiger partial charge in [-0.3, -0.25) is 0 Å². The highest BCUT2D eigenvalue weighted by Crippen LogP contribution is 2.55. The molecule has 8 heteroatoms. The average molecular weight is 486 g/mol. The van der Waals surface area contributed by atoms with Crippen molar-refractivity contribution >= 4 is 34.3 Å². The Bertz CT molecular complexity index is 989. The molecule has 6 nitrogen and oxygen atoms in total. The maximum Gasteiger partial charge on any atom is 0.318 e. The maximum absolute atomic E-state index is 13.3. The second kappa shape index (κ2) is 8.42. The van der Waals surface area contributed by atoms with Crippen molar-refractivity contribution in [3.63, 3.8) is 0 Å². The molecule has 1 N–H and O–H groups in total. The second-order valence-electron chi connectivity index (χ2n) is 10.9. The lowest BCUT2D eigenvalue weighted by atomic mass is 9.53. The molecule has 5 aliphatic rings. The summed E-state index contributed by atoms with van der Waals surface area (Å²) in [6.45, 7) is 4.48. The highest BCUT2D eigenvalue weighted by Gasteiger charge is 2.52. The highest BCUT2D eigenvalue weighted by atomic mass is 35.5. The molecule has 2 amide bonds. The molecule has 2 aromatic rings. The monoisotopic (exact) mass is 485 g/mol. The lowest BCUT2D eigenvalue weighted by molar-refractivity contribution is -0.0164. The van der Waals surface area contributed by atoms with Crippen molar-refractivity contribution in [3.05, 3.63) is 40.7 Å².